The van der Waals surface area contributed by atoms with Crippen LogP contribution in [0.5, 0.6) is 0 Å². The second-order valence-corrected chi connectivity index (χ2v) is 4.84. The first-order valence-corrected chi connectivity index (χ1v) is 6.22. The molecule has 0 N–H and O–H groups in total. The van der Waals surface area contributed by atoms with Gasteiger partial charge in [0.2, 0.25) is 0 Å². The molecule has 1 heterocycles. The van der Waals surface area contributed by atoms with E-state index in [9.17, 15) is 4.79 Å². The van der Waals surface area contributed by atoms with Crippen LogP contribution in [0.2, 0.25) is 10.0 Å². The fourth-order valence-electron chi connectivity index (χ4n) is 1.63. The van der Waals surface area contributed by atoms with Gasteiger partial charge in [0, 0.05) is 22.2 Å². The number of rotatable bonds is 3. The second-order valence-electron chi connectivity index (χ2n) is 4.00. The molecule has 0 aliphatic carbocycles. The van der Waals surface area contributed by atoms with E-state index in [-0.39, 0.29) is 12.2 Å². The Morgan fingerprint density at radius 1 is 1.22 bits per heavy atom. The lowest BCUT2D eigenvalue weighted by Gasteiger charge is -2.04. The lowest BCUT2D eigenvalue weighted by molar-refractivity contribution is 0.0988. The summed E-state index contributed by atoms with van der Waals surface area (Å²) >= 11 is 11.8. The van der Waals surface area contributed by atoms with Gasteiger partial charge in [-0.15, -0.1) is 0 Å². The number of hydrogen-bond acceptors (Lipinski definition) is 2. The molecule has 4 heteroatoms. The van der Waals surface area contributed by atoms with Crippen LogP contribution in [0.4, 0.5) is 0 Å². The van der Waals surface area contributed by atoms with Crippen molar-refractivity contribution >= 4 is 29.0 Å². The Bertz CT molecular complexity index is 596. The molecule has 0 fully saturated rings. The lowest BCUT2D eigenvalue weighted by atomic mass is 10.1. The SMILES string of the molecule is Cc1cccc(C(=O)Cc2ccc(Cl)cc2Cl)n1. The van der Waals surface area contributed by atoms with Crippen molar-refractivity contribution in [2.24, 2.45) is 0 Å². The molecule has 0 aliphatic heterocycles. The van der Waals surface area contributed by atoms with Crippen molar-refractivity contribution in [2.75, 3.05) is 0 Å². The van der Waals surface area contributed by atoms with Crippen LogP contribution in [0.3, 0.4) is 0 Å². The zero-order chi connectivity index (χ0) is 13.1. The monoisotopic (exact) mass is 279 g/mol. The molecule has 0 amide bonds. The van der Waals surface area contributed by atoms with Crippen molar-refractivity contribution in [3.05, 3.63) is 63.4 Å². The highest BCUT2D eigenvalue weighted by Crippen LogP contribution is 2.22. The average molecular weight is 280 g/mol. The highest BCUT2D eigenvalue weighted by Gasteiger charge is 2.11. The van der Waals surface area contributed by atoms with Crippen LogP contribution in [0.15, 0.2) is 36.4 Å². The summed E-state index contributed by atoms with van der Waals surface area (Å²) in [7, 11) is 0. The number of aryl methyl sites for hydroxylation is 1. The molecular weight excluding hydrogens is 269 g/mol. The Labute approximate surface area is 116 Å². The van der Waals surface area contributed by atoms with E-state index in [4.69, 9.17) is 23.2 Å². The summed E-state index contributed by atoms with van der Waals surface area (Å²) in [4.78, 5) is 16.2. The van der Waals surface area contributed by atoms with Crippen LogP contribution in [0, 0.1) is 6.92 Å². The Kier molecular flexibility index (Phi) is 4.00. The minimum Gasteiger partial charge on any atom is -0.292 e. The van der Waals surface area contributed by atoms with Gasteiger partial charge in [0.1, 0.15) is 5.69 Å². The second kappa shape index (κ2) is 5.51. The average Bonchev–Trinajstić information content (AvgIpc) is 2.32. The van der Waals surface area contributed by atoms with Gasteiger partial charge >= 0.3 is 0 Å². The third kappa shape index (κ3) is 3.09. The summed E-state index contributed by atoms with van der Waals surface area (Å²) in [6.07, 6.45) is 0.229. The largest absolute Gasteiger partial charge is 0.292 e. The molecule has 0 saturated carbocycles. The highest BCUT2D eigenvalue weighted by atomic mass is 35.5. The van der Waals surface area contributed by atoms with E-state index < -0.39 is 0 Å². The molecule has 92 valence electrons. The van der Waals surface area contributed by atoms with E-state index in [2.05, 4.69) is 4.98 Å². The summed E-state index contributed by atoms with van der Waals surface area (Å²) in [6, 6.07) is 10.5. The topological polar surface area (TPSA) is 30.0 Å². The molecular formula is C14H11Cl2NO. The van der Waals surface area contributed by atoms with Gasteiger partial charge in [-0.05, 0) is 36.8 Å². The number of hydrogen-bond donors (Lipinski definition) is 0. The number of nitrogens with zero attached hydrogens (tertiary/aromatic N) is 1. The molecule has 2 rings (SSSR count). The molecule has 0 spiro atoms. The molecule has 0 atom stereocenters. The first-order valence-electron chi connectivity index (χ1n) is 5.47. The summed E-state index contributed by atoms with van der Waals surface area (Å²) in [5.74, 6) is -0.0528. The van der Waals surface area contributed by atoms with Crippen LogP contribution >= 0.6 is 23.2 Å². The number of carbonyl (C=O) groups is 1. The van der Waals surface area contributed by atoms with E-state index in [0.29, 0.717) is 15.7 Å². The summed E-state index contributed by atoms with van der Waals surface area (Å²) in [5, 5.41) is 1.06. The van der Waals surface area contributed by atoms with Crippen LogP contribution in [0.25, 0.3) is 0 Å². The van der Waals surface area contributed by atoms with Crippen LogP contribution in [-0.4, -0.2) is 10.8 Å². The number of benzene rings is 1. The van der Waals surface area contributed by atoms with Gasteiger partial charge in [0.25, 0.3) is 0 Å². The van der Waals surface area contributed by atoms with Crippen molar-refractivity contribution in [1.82, 2.24) is 4.98 Å². The first kappa shape index (κ1) is 13.1. The van der Waals surface area contributed by atoms with Gasteiger partial charge in [-0.25, -0.2) is 0 Å². The third-order valence-corrected chi connectivity index (χ3v) is 3.13. The number of Topliss-reactive ketones (excluding diaryl/α,β-unsaturated/α-hetero) is 1. The van der Waals surface area contributed by atoms with Gasteiger partial charge < -0.3 is 0 Å². The van der Waals surface area contributed by atoms with E-state index in [0.717, 1.165) is 11.3 Å². The lowest BCUT2D eigenvalue weighted by Crippen LogP contribution is -2.06. The van der Waals surface area contributed by atoms with E-state index >= 15 is 0 Å². The van der Waals surface area contributed by atoms with Gasteiger partial charge in [-0.2, -0.15) is 0 Å². The molecule has 0 aliphatic rings. The Hall–Kier alpha value is -1.38. The molecule has 0 saturated heterocycles. The summed E-state index contributed by atoms with van der Waals surface area (Å²) < 4.78 is 0. The van der Waals surface area contributed by atoms with Gasteiger partial charge in [-0.3, -0.25) is 9.78 Å². The fourth-order valence-corrected chi connectivity index (χ4v) is 2.10. The maximum Gasteiger partial charge on any atom is 0.185 e. The van der Waals surface area contributed by atoms with Gasteiger partial charge in [-0.1, -0.05) is 35.3 Å². The molecule has 2 nitrogen and oxygen atoms in total. The van der Waals surface area contributed by atoms with Gasteiger partial charge in [0.15, 0.2) is 5.78 Å². The molecule has 0 bridgehead atoms. The normalized spacial score (nSPS) is 10.4. The Morgan fingerprint density at radius 3 is 2.67 bits per heavy atom. The maximum absolute atomic E-state index is 12.0. The smallest absolute Gasteiger partial charge is 0.185 e. The molecule has 18 heavy (non-hydrogen) atoms. The molecule has 2 aromatic rings. The maximum atomic E-state index is 12.0. The Morgan fingerprint density at radius 2 is 2.00 bits per heavy atom. The van der Waals surface area contributed by atoms with E-state index in [1.54, 1.807) is 24.3 Å². The quantitative estimate of drug-likeness (QED) is 0.791. The zero-order valence-electron chi connectivity index (χ0n) is 9.78. The van der Waals surface area contributed by atoms with Crippen LogP contribution in [0.1, 0.15) is 21.7 Å². The van der Waals surface area contributed by atoms with Crippen molar-refractivity contribution < 1.29 is 4.79 Å². The minimum atomic E-state index is -0.0528. The standard InChI is InChI=1S/C14H11Cl2NO/c1-9-3-2-4-13(17-9)14(18)7-10-5-6-11(15)8-12(10)16/h2-6,8H,7H2,1H3. The number of aromatic nitrogens is 1. The summed E-state index contributed by atoms with van der Waals surface area (Å²) in [6.45, 7) is 1.85. The van der Waals surface area contributed by atoms with Crippen LogP contribution in [-0.2, 0) is 6.42 Å². The molecule has 0 unspecified atom stereocenters. The highest BCUT2D eigenvalue weighted by molar-refractivity contribution is 6.35. The predicted molar refractivity (Wildman–Crippen MR) is 73.5 cm³/mol. The first-order chi connectivity index (χ1) is 8.56. The molecule has 1 aromatic heterocycles. The van der Waals surface area contributed by atoms with Crippen LogP contribution < -0.4 is 0 Å². The molecule has 1 aromatic carbocycles. The van der Waals surface area contributed by atoms with E-state index in [1.807, 2.05) is 19.1 Å². The number of carbonyl (C=O) groups excluding carboxylic acids is 1. The van der Waals surface area contributed by atoms with Crippen molar-refractivity contribution in [3.63, 3.8) is 0 Å². The van der Waals surface area contributed by atoms with E-state index in [1.165, 1.54) is 0 Å². The van der Waals surface area contributed by atoms with Crippen molar-refractivity contribution in [2.45, 2.75) is 13.3 Å². The Balaban J connectivity index is 2.21. The van der Waals surface area contributed by atoms with Crippen molar-refractivity contribution in [1.29, 1.82) is 0 Å². The van der Waals surface area contributed by atoms with Crippen molar-refractivity contribution in [3.8, 4) is 0 Å². The number of ketones is 1. The predicted octanol–water partition coefficient (Wildman–Crippen LogP) is 4.12. The molecule has 0 radical (unpaired) electrons. The fraction of sp³-hybridized carbons (Fsp3) is 0.143. The number of pyridine rings is 1. The zero-order valence-corrected chi connectivity index (χ0v) is 11.3. The number of halogens is 2. The third-order valence-electron chi connectivity index (χ3n) is 2.54. The van der Waals surface area contributed by atoms with Gasteiger partial charge in [0.05, 0.1) is 0 Å². The minimum absolute atomic E-state index is 0.0528. The summed E-state index contributed by atoms with van der Waals surface area (Å²) in [5.41, 5.74) is 2.04.